The first-order chi connectivity index (χ1) is 15.9. The summed E-state index contributed by atoms with van der Waals surface area (Å²) in [5, 5.41) is 13.0. The summed E-state index contributed by atoms with van der Waals surface area (Å²) >= 11 is 0. The van der Waals surface area contributed by atoms with Crippen molar-refractivity contribution in [3.8, 4) is 23.0 Å². The molecule has 4 N–H and O–H groups in total. The number of ether oxygens (including phenoxy) is 4. The van der Waals surface area contributed by atoms with Gasteiger partial charge in [0, 0.05) is 17.8 Å². The van der Waals surface area contributed by atoms with Gasteiger partial charge in [-0.1, -0.05) is 5.21 Å². The Bertz CT molecular complexity index is 1160. The summed E-state index contributed by atoms with van der Waals surface area (Å²) in [6, 6.07) is 9.83. The van der Waals surface area contributed by atoms with E-state index >= 15 is 0 Å². The zero-order valence-electron chi connectivity index (χ0n) is 18.5. The summed E-state index contributed by atoms with van der Waals surface area (Å²) in [5.41, 5.74) is 6.76. The van der Waals surface area contributed by atoms with Gasteiger partial charge in [0.25, 0.3) is 5.91 Å². The summed E-state index contributed by atoms with van der Waals surface area (Å²) < 4.78 is 21.9. The Labute approximate surface area is 189 Å². The average Bonchev–Trinajstić information content (AvgIpc) is 3.18. The van der Waals surface area contributed by atoms with Gasteiger partial charge in [-0.25, -0.2) is 4.68 Å². The van der Waals surface area contributed by atoms with Gasteiger partial charge in [0.15, 0.2) is 23.0 Å². The van der Waals surface area contributed by atoms with Crippen LogP contribution in [0.5, 0.6) is 23.0 Å². The van der Waals surface area contributed by atoms with Crippen LogP contribution in [0, 0.1) is 0 Å². The first kappa shape index (κ1) is 23.2. The first-order valence-electron chi connectivity index (χ1n) is 9.64. The number of methoxy groups -OCH3 is 4. The molecule has 0 unspecified atom stereocenters. The molecular formula is C21H24N6O6. The highest BCUT2D eigenvalue weighted by molar-refractivity contribution is 6.06. The molecule has 0 radical (unpaired) electrons. The number of benzene rings is 2. The Morgan fingerprint density at radius 2 is 1.64 bits per heavy atom. The normalized spacial score (nSPS) is 10.3. The number of anilines is 3. The van der Waals surface area contributed by atoms with Gasteiger partial charge in [-0.2, -0.15) is 0 Å². The monoisotopic (exact) mass is 456 g/mol. The molecule has 2 amide bonds. The van der Waals surface area contributed by atoms with Crippen LogP contribution in [0.1, 0.15) is 10.5 Å². The van der Waals surface area contributed by atoms with Gasteiger partial charge >= 0.3 is 0 Å². The molecule has 12 heteroatoms. The van der Waals surface area contributed by atoms with E-state index in [1.54, 1.807) is 36.4 Å². The molecule has 0 spiro atoms. The number of nitrogens with one attached hydrogen (secondary N) is 2. The van der Waals surface area contributed by atoms with E-state index in [1.807, 2.05) is 0 Å². The van der Waals surface area contributed by atoms with Gasteiger partial charge in [-0.05, 0) is 24.3 Å². The van der Waals surface area contributed by atoms with E-state index in [0.29, 0.717) is 34.4 Å². The molecular weight excluding hydrogens is 432 g/mol. The maximum Gasteiger partial charge on any atom is 0.280 e. The Kier molecular flexibility index (Phi) is 7.18. The number of nitrogens with two attached hydrogens (primary N) is 1. The third kappa shape index (κ3) is 5.23. The van der Waals surface area contributed by atoms with Crippen LogP contribution in [0.4, 0.5) is 17.2 Å². The number of carbonyl (C=O) groups is 2. The lowest BCUT2D eigenvalue weighted by atomic mass is 10.2. The molecule has 1 aromatic heterocycles. The summed E-state index contributed by atoms with van der Waals surface area (Å²) in [6.45, 7) is -0.258. The van der Waals surface area contributed by atoms with Gasteiger partial charge in [0.05, 0.1) is 34.1 Å². The second-order valence-corrected chi connectivity index (χ2v) is 6.62. The van der Waals surface area contributed by atoms with Crippen molar-refractivity contribution in [1.82, 2.24) is 15.0 Å². The quantitative estimate of drug-likeness (QED) is 0.437. The zero-order valence-corrected chi connectivity index (χ0v) is 18.5. The van der Waals surface area contributed by atoms with E-state index in [9.17, 15) is 9.59 Å². The minimum atomic E-state index is -0.609. The number of carbonyl (C=O) groups excluding carboxylic acids is 2. The Morgan fingerprint density at radius 3 is 2.30 bits per heavy atom. The van der Waals surface area contributed by atoms with Crippen LogP contribution in [-0.4, -0.2) is 55.2 Å². The predicted molar refractivity (Wildman–Crippen MR) is 120 cm³/mol. The number of amides is 2. The predicted octanol–water partition coefficient (Wildman–Crippen LogP) is 1.79. The molecule has 12 nitrogen and oxygen atoms in total. The Hall–Kier alpha value is -4.48. The zero-order chi connectivity index (χ0) is 24.0. The van der Waals surface area contributed by atoms with Crippen molar-refractivity contribution in [2.24, 2.45) is 0 Å². The number of nitrogen functional groups attached to an aromatic ring is 1. The van der Waals surface area contributed by atoms with E-state index < -0.39 is 11.8 Å². The van der Waals surface area contributed by atoms with Gasteiger partial charge in [-0.3, -0.25) is 9.59 Å². The van der Waals surface area contributed by atoms with E-state index in [-0.39, 0.29) is 18.1 Å². The van der Waals surface area contributed by atoms with E-state index in [2.05, 4.69) is 20.9 Å². The lowest BCUT2D eigenvalue weighted by Gasteiger charge is -2.11. The average molecular weight is 456 g/mol. The van der Waals surface area contributed by atoms with E-state index in [1.165, 1.54) is 28.4 Å². The largest absolute Gasteiger partial charge is 0.497 e. The maximum absolute atomic E-state index is 12.7. The van der Waals surface area contributed by atoms with E-state index in [4.69, 9.17) is 24.7 Å². The summed E-state index contributed by atoms with van der Waals surface area (Å²) in [5.74, 6) is 0.843. The molecule has 33 heavy (non-hydrogen) atoms. The summed E-state index contributed by atoms with van der Waals surface area (Å²) in [6.07, 6.45) is 0. The number of rotatable bonds is 9. The fraction of sp³-hybridized carbons (Fsp3) is 0.238. The molecule has 0 aliphatic carbocycles. The highest BCUT2D eigenvalue weighted by atomic mass is 16.5. The number of nitrogens with zero attached hydrogens (tertiary/aromatic N) is 3. The van der Waals surface area contributed by atoms with Crippen molar-refractivity contribution in [3.63, 3.8) is 0 Å². The number of hydrogen-bond acceptors (Lipinski definition) is 9. The van der Waals surface area contributed by atoms with Gasteiger partial charge < -0.3 is 35.3 Å². The van der Waals surface area contributed by atoms with Crippen molar-refractivity contribution in [1.29, 1.82) is 0 Å². The number of aromatic nitrogens is 3. The van der Waals surface area contributed by atoms with Crippen molar-refractivity contribution in [2.45, 2.75) is 6.54 Å². The van der Waals surface area contributed by atoms with Gasteiger partial charge in [0.2, 0.25) is 5.91 Å². The van der Waals surface area contributed by atoms with Crippen molar-refractivity contribution in [3.05, 3.63) is 42.1 Å². The molecule has 3 rings (SSSR count). The molecule has 1 heterocycles. The molecule has 2 aromatic carbocycles. The smallest absolute Gasteiger partial charge is 0.280 e. The molecule has 0 saturated heterocycles. The second kappa shape index (κ2) is 10.2. The lowest BCUT2D eigenvalue weighted by molar-refractivity contribution is -0.116. The highest BCUT2D eigenvalue weighted by Crippen LogP contribution is 2.30. The Morgan fingerprint density at radius 1 is 0.909 bits per heavy atom. The highest BCUT2D eigenvalue weighted by Gasteiger charge is 2.20. The molecule has 3 aromatic rings. The molecule has 174 valence electrons. The molecule has 0 atom stereocenters. The molecule has 0 saturated carbocycles. The third-order valence-corrected chi connectivity index (χ3v) is 4.61. The molecule has 0 fully saturated rings. The van der Waals surface area contributed by atoms with Crippen LogP contribution < -0.4 is 35.3 Å². The standard InChI is InChI=1S/C21H24N6O6/c1-30-13-6-7-14(16(10-13)32-3)24-21(29)19-20(22)27(26-25-19)11-18(28)23-12-5-8-15(31-2)17(9-12)33-4/h5-10H,11,22H2,1-4H3,(H,23,28)(H,24,29). The SMILES string of the molecule is COc1ccc(NC(=O)c2nnn(CC(=O)Nc3ccc(OC)c(OC)c3)c2N)c(OC)c1. The third-order valence-electron chi connectivity index (χ3n) is 4.61. The topological polar surface area (TPSA) is 152 Å². The maximum atomic E-state index is 12.7. The van der Waals surface area contributed by atoms with Crippen LogP contribution in [0.2, 0.25) is 0 Å². The molecule has 0 aliphatic heterocycles. The van der Waals surface area contributed by atoms with E-state index in [0.717, 1.165) is 4.68 Å². The molecule has 0 aliphatic rings. The van der Waals surface area contributed by atoms with Gasteiger partial charge in [0.1, 0.15) is 18.0 Å². The van der Waals surface area contributed by atoms with Crippen LogP contribution >= 0.6 is 0 Å². The lowest BCUT2D eigenvalue weighted by Crippen LogP contribution is -2.21. The fourth-order valence-corrected chi connectivity index (χ4v) is 2.93. The van der Waals surface area contributed by atoms with Crippen LogP contribution in [0.3, 0.4) is 0 Å². The number of hydrogen-bond donors (Lipinski definition) is 3. The van der Waals surface area contributed by atoms with Crippen molar-refractivity contribution < 1.29 is 28.5 Å². The summed E-state index contributed by atoms with van der Waals surface area (Å²) in [7, 11) is 6.00. The minimum Gasteiger partial charge on any atom is -0.497 e. The first-order valence-corrected chi connectivity index (χ1v) is 9.64. The van der Waals surface area contributed by atoms with Crippen LogP contribution in [-0.2, 0) is 11.3 Å². The van der Waals surface area contributed by atoms with Crippen molar-refractivity contribution in [2.75, 3.05) is 44.8 Å². The Balaban J connectivity index is 1.69. The minimum absolute atomic E-state index is 0.0672. The second-order valence-electron chi connectivity index (χ2n) is 6.62. The van der Waals surface area contributed by atoms with Crippen LogP contribution in [0.25, 0.3) is 0 Å². The van der Waals surface area contributed by atoms with Crippen molar-refractivity contribution >= 4 is 29.0 Å². The fourth-order valence-electron chi connectivity index (χ4n) is 2.93. The van der Waals surface area contributed by atoms with Gasteiger partial charge in [-0.15, -0.1) is 5.10 Å². The van der Waals surface area contributed by atoms with Crippen LogP contribution in [0.15, 0.2) is 36.4 Å². The molecule has 0 bridgehead atoms. The summed E-state index contributed by atoms with van der Waals surface area (Å²) in [4.78, 5) is 25.1.